The van der Waals surface area contributed by atoms with Crippen LogP contribution in [0.15, 0.2) is 30.3 Å². The van der Waals surface area contributed by atoms with E-state index >= 15 is 0 Å². The Kier molecular flexibility index (Phi) is 6.71. The fourth-order valence-corrected chi connectivity index (χ4v) is 2.16. The Hall–Kier alpha value is -1.10. The van der Waals surface area contributed by atoms with Crippen LogP contribution in [0.25, 0.3) is 0 Å². The first-order valence-corrected chi connectivity index (χ1v) is 7.32. The van der Waals surface area contributed by atoms with Gasteiger partial charge in [-0.25, -0.2) is 0 Å². The van der Waals surface area contributed by atoms with Gasteiger partial charge in [-0.2, -0.15) is 0 Å². The van der Waals surface area contributed by atoms with Crippen molar-refractivity contribution in [2.45, 2.75) is 25.5 Å². The summed E-state index contributed by atoms with van der Waals surface area (Å²) in [5.41, 5.74) is 0. The van der Waals surface area contributed by atoms with Gasteiger partial charge in [0.1, 0.15) is 5.75 Å². The zero-order valence-electron chi connectivity index (χ0n) is 11.5. The van der Waals surface area contributed by atoms with Crippen LogP contribution in [0.2, 0.25) is 0 Å². The van der Waals surface area contributed by atoms with Crippen molar-refractivity contribution in [3.05, 3.63) is 30.3 Å². The van der Waals surface area contributed by atoms with Crippen molar-refractivity contribution in [3.8, 4) is 5.75 Å². The van der Waals surface area contributed by atoms with E-state index in [1.165, 1.54) is 6.42 Å². The van der Waals surface area contributed by atoms with E-state index < -0.39 is 0 Å². The number of rotatable bonds is 2. The average Bonchev–Trinajstić information content (AvgIpc) is 2.43. The van der Waals surface area contributed by atoms with Gasteiger partial charge < -0.3 is 15.4 Å². The molecular formula is C15H25N3O. The standard InChI is InChI=1S/C15H25N3O/c1-2-6-14(7-3-1)19-15-8-13-17-10-4-9-16-11-5-12-18-15/h1-3,6-7,15-18H,4-5,8-13H2. The lowest BCUT2D eigenvalue weighted by Crippen LogP contribution is -2.39. The van der Waals surface area contributed by atoms with Gasteiger partial charge in [-0.15, -0.1) is 0 Å². The Balaban J connectivity index is 1.81. The molecule has 0 aliphatic carbocycles. The summed E-state index contributed by atoms with van der Waals surface area (Å²) < 4.78 is 5.99. The molecule has 2 rings (SSSR count). The predicted molar refractivity (Wildman–Crippen MR) is 78.5 cm³/mol. The summed E-state index contributed by atoms with van der Waals surface area (Å²) in [6.45, 7) is 5.24. The van der Waals surface area contributed by atoms with Gasteiger partial charge in [0.05, 0.1) is 0 Å². The van der Waals surface area contributed by atoms with Gasteiger partial charge in [-0.05, 0) is 57.7 Å². The maximum Gasteiger partial charge on any atom is 0.151 e. The fraction of sp³-hybridized carbons (Fsp3) is 0.600. The third-order valence-electron chi connectivity index (χ3n) is 3.21. The van der Waals surface area contributed by atoms with Gasteiger partial charge in [0.2, 0.25) is 0 Å². The third kappa shape index (κ3) is 6.05. The van der Waals surface area contributed by atoms with Crippen molar-refractivity contribution in [3.63, 3.8) is 0 Å². The molecule has 4 nitrogen and oxygen atoms in total. The smallest absolute Gasteiger partial charge is 0.151 e. The van der Waals surface area contributed by atoms with E-state index in [2.05, 4.69) is 16.0 Å². The van der Waals surface area contributed by atoms with Crippen molar-refractivity contribution in [1.82, 2.24) is 16.0 Å². The van der Waals surface area contributed by atoms with Crippen molar-refractivity contribution in [2.75, 3.05) is 32.7 Å². The predicted octanol–water partition coefficient (Wildman–Crippen LogP) is 1.34. The van der Waals surface area contributed by atoms with Crippen LogP contribution in [0.4, 0.5) is 0 Å². The fourth-order valence-electron chi connectivity index (χ4n) is 2.16. The molecule has 1 aromatic carbocycles. The van der Waals surface area contributed by atoms with Crippen molar-refractivity contribution < 1.29 is 4.74 Å². The minimum atomic E-state index is 0.0920. The number of hydrogen-bond acceptors (Lipinski definition) is 4. The molecule has 0 saturated carbocycles. The lowest BCUT2D eigenvalue weighted by molar-refractivity contribution is 0.152. The van der Waals surface area contributed by atoms with E-state index in [4.69, 9.17) is 4.74 Å². The molecule has 1 saturated heterocycles. The largest absolute Gasteiger partial charge is 0.475 e. The first-order chi connectivity index (χ1) is 9.45. The zero-order chi connectivity index (χ0) is 13.2. The Morgan fingerprint density at radius 3 is 2.32 bits per heavy atom. The van der Waals surface area contributed by atoms with E-state index in [9.17, 15) is 0 Å². The topological polar surface area (TPSA) is 45.3 Å². The summed E-state index contributed by atoms with van der Waals surface area (Å²) in [6.07, 6.45) is 3.41. The summed E-state index contributed by atoms with van der Waals surface area (Å²) in [5.74, 6) is 0.935. The van der Waals surface area contributed by atoms with Gasteiger partial charge in [0, 0.05) is 6.42 Å². The molecule has 1 heterocycles. The average molecular weight is 263 g/mol. The first-order valence-electron chi connectivity index (χ1n) is 7.32. The number of hydrogen-bond donors (Lipinski definition) is 3. The molecule has 1 aliphatic rings. The second-order valence-electron chi connectivity index (χ2n) is 4.87. The molecule has 1 aliphatic heterocycles. The summed E-state index contributed by atoms with van der Waals surface area (Å²) >= 11 is 0. The molecule has 1 aromatic rings. The Morgan fingerprint density at radius 1 is 0.842 bits per heavy atom. The second-order valence-corrected chi connectivity index (χ2v) is 4.87. The van der Waals surface area contributed by atoms with Crippen molar-refractivity contribution in [1.29, 1.82) is 0 Å². The van der Waals surface area contributed by atoms with Gasteiger partial charge in [0.25, 0.3) is 0 Å². The van der Waals surface area contributed by atoms with Crippen LogP contribution in [-0.2, 0) is 0 Å². The highest BCUT2D eigenvalue weighted by atomic mass is 16.5. The number of ether oxygens (including phenoxy) is 1. The van der Waals surface area contributed by atoms with Crippen molar-refractivity contribution >= 4 is 0 Å². The molecule has 19 heavy (non-hydrogen) atoms. The maximum absolute atomic E-state index is 5.99. The van der Waals surface area contributed by atoms with E-state index in [0.29, 0.717) is 0 Å². The molecule has 1 unspecified atom stereocenters. The number of nitrogens with one attached hydrogen (secondary N) is 3. The molecule has 1 atom stereocenters. The Bertz CT molecular complexity index is 319. The van der Waals surface area contributed by atoms with Crippen LogP contribution >= 0.6 is 0 Å². The van der Waals surface area contributed by atoms with Crippen LogP contribution < -0.4 is 20.7 Å². The van der Waals surface area contributed by atoms with E-state index in [0.717, 1.165) is 51.3 Å². The van der Waals surface area contributed by atoms with E-state index in [1.807, 2.05) is 30.3 Å². The van der Waals surface area contributed by atoms with Gasteiger partial charge >= 0.3 is 0 Å². The molecule has 0 bridgehead atoms. The number of para-hydroxylation sites is 1. The Labute approximate surface area is 115 Å². The lowest BCUT2D eigenvalue weighted by atomic mass is 10.3. The lowest BCUT2D eigenvalue weighted by Gasteiger charge is -2.21. The molecular weight excluding hydrogens is 238 g/mol. The molecule has 0 amide bonds. The molecule has 0 aromatic heterocycles. The summed E-state index contributed by atoms with van der Waals surface area (Å²) in [6, 6.07) is 10.0. The zero-order valence-corrected chi connectivity index (χ0v) is 11.5. The number of benzene rings is 1. The highest BCUT2D eigenvalue weighted by Crippen LogP contribution is 2.11. The maximum atomic E-state index is 5.99. The van der Waals surface area contributed by atoms with Crippen LogP contribution in [0.3, 0.4) is 0 Å². The van der Waals surface area contributed by atoms with Crippen molar-refractivity contribution in [2.24, 2.45) is 0 Å². The minimum absolute atomic E-state index is 0.0920. The van der Waals surface area contributed by atoms with Gasteiger partial charge in [0.15, 0.2) is 6.23 Å². The summed E-state index contributed by atoms with van der Waals surface area (Å²) in [5, 5.41) is 10.4. The molecule has 106 valence electrons. The highest BCUT2D eigenvalue weighted by molar-refractivity contribution is 5.21. The Morgan fingerprint density at radius 2 is 1.53 bits per heavy atom. The third-order valence-corrected chi connectivity index (χ3v) is 3.21. The quantitative estimate of drug-likeness (QED) is 0.753. The van der Waals surface area contributed by atoms with E-state index in [-0.39, 0.29) is 6.23 Å². The van der Waals surface area contributed by atoms with E-state index in [1.54, 1.807) is 0 Å². The normalized spacial score (nSPS) is 23.1. The highest BCUT2D eigenvalue weighted by Gasteiger charge is 2.09. The SMILES string of the molecule is c1ccc(OC2CCNCCCNCCCN2)cc1. The van der Waals surface area contributed by atoms with Crippen LogP contribution in [0.5, 0.6) is 5.75 Å². The summed E-state index contributed by atoms with van der Waals surface area (Å²) in [7, 11) is 0. The molecule has 0 spiro atoms. The summed E-state index contributed by atoms with van der Waals surface area (Å²) in [4.78, 5) is 0. The second kappa shape index (κ2) is 8.91. The molecule has 4 heteroatoms. The van der Waals surface area contributed by atoms with Gasteiger partial charge in [-0.1, -0.05) is 18.2 Å². The van der Waals surface area contributed by atoms with Gasteiger partial charge in [-0.3, -0.25) is 5.32 Å². The van der Waals surface area contributed by atoms with Crippen LogP contribution in [-0.4, -0.2) is 39.0 Å². The van der Waals surface area contributed by atoms with Crippen LogP contribution in [0, 0.1) is 0 Å². The monoisotopic (exact) mass is 263 g/mol. The molecule has 0 radical (unpaired) electrons. The molecule has 3 N–H and O–H groups in total. The first kappa shape index (κ1) is 14.3. The molecule has 1 fully saturated rings. The van der Waals surface area contributed by atoms with Crippen LogP contribution in [0.1, 0.15) is 19.3 Å². The minimum Gasteiger partial charge on any atom is -0.475 e.